The van der Waals surface area contributed by atoms with Crippen molar-refractivity contribution in [3.8, 4) is 33.9 Å². The third-order valence-electron chi connectivity index (χ3n) is 3.72. The van der Waals surface area contributed by atoms with E-state index in [-0.39, 0.29) is 22.6 Å². The lowest BCUT2D eigenvalue weighted by molar-refractivity contribution is -0.140. The number of aromatic nitrogens is 2. The van der Waals surface area contributed by atoms with Crippen LogP contribution in [0.1, 0.15) is 12.6 Å². The summed E-state index contributed by atoms with van der Waals surface area (Å²) in [6, 6.07) is 10.8. The van der Waals surface area contributed by atoms with Gasteiger partial charge in [-0.25, -0.2) is 0 Å². The van der Waals surface area contributed by atoms with Crippen molar-refractivity contribution in [3.63, 3.8) is 0 Å². The highest BCUT2D eigenvalue weighted by Gasteiger charge is 2.38. The lowest BCUT2D eigenvalue weighted by Gasteiger charge is -2.11. The Balaban J connectivity index is 2.20. The van der Waals surface area contributed by atoms with Crippen LogP contribution in [0.5, 0.6) is 11.5 Å². The Hall–Kier alpha value is -2.48. The number of rotatable bonds is 4. The zero-order chi connectivity index (χ0) is 18.9. The molecule has 136 valence electrons. The second-order valence-electron chi connectivity index (χ2n) is 5.44. The van der Waals surface area contributed by atoms with Crippen molar-refractivity contribution < 1.29 is 23.0 Å². The van der Waals surface area contributed by atoms with Crippen molar-refractivity contribution >= 4 is 15.9 Å². The van der Waals surface area contributed by atoms with Gasteiger partial charge in [-0.2, -0.15) is 18.3 Å². The number of hydrogen-bond donors (Lipinski definition) is 2. The predicted molar refractivity (Wildman–Crippen MR) is 95.0 cm³/mol. The Morgan fingerprint density at radius 3 is 2.42 bits per heavy atom. The molecule has 0 amide bonds. The number of H-pyrrole nitrogens is 1. The monoisotopic (exact) mass is 426 g/mol. The number of aromatic amines is 1. The van der Waals surface area contributed by atoms with Gasteiger partial charge in [0.25, 0.3) is 0 Å². The smallest absolute Gasteiger partial charge is 0.433 e. The first-order valence-electron chi connectivity index (χ1n) is 7.69. The lowest BCUT2D eigenvalue weighted by Crippen LogP contribution is -2.07. The summed E-state index contributed by atoms with van der Waals surface area (Å²) in [6.45, 7) is 2.20. The number of nitrogens with zero attached hydrogens (tertiary/aromatic N) is 1. The molecule has 8 heteroatoms. The Kier molecular flexibility index (Phi) is 4.95. The molecule has 3 aromatic rings. The van der Waals surface area contributed by atoms with Crippen molar-refractivity contribution in [3.05, 3.63) is 52.6 Å². The molecule has 26 heavy (non-hydrogen) atoms. The zero-order valence-corrected chi connectivity index (χ0v) is 15.1. The van der Waals surface area contributed by atoms with Crippen LogP contribution in [0.2, 0.25) is 0 Å². The number of nitrogens with one attached hydrogen (secondary N) is 1. The Bertz CT molecular complexity index is 921. The first kappa shape index (κ1) is 18.3. The standard InChI is InChI=1S/C18H14BrF3N2O2/c1-2-26-12-7-8-13(14(25)9-12)16-15(10-3-5-11(19)6-4-10)17(24-23-16)18(20,21)22/h3-9,25H,2H2,1H3,(H,23,24). The third kappa shape index (κ3) is 3.55. The SMILES string of the molecule is CCOc1ccc(-c2n[nH]c(C(F)(F)F)c2-c2ccc(Br)cc2)c(O)c1. The highest BCUT2D eigenvalue weighted by molar-refractivity contribution is 9.10. The molecule has 2 aromatic carbocycles. The molecule has 3 rings (SSSR count). The molecule has 2 N–H and O–H groups in total. The Morgan fingerprint density at radius 1 is 1.15 bits per heavy atom. The Labute approximate surface area is 155 Å². The molecule has 0 aliphatic carbocycles. The number of aromatic hydroxyl groups is 1. The van der Waals surface area contributed by atoms with Crippen molar-refractivity contribution in [1.29, 1.82) is 0 Å². The van der Waals surface area contributed by atoms with Crippen molar-refractivity contribution in [2.24, 2.45) is 0 Å². The molecule has 0 aliphatic heterocycles. The number of phenolic OH excluding ortho intramolecular Hbond substituents is 1. The minimum Gasteiger partial charge on any atom is -0.507 e. The van der Waals surface area contributed by atoms with Gasteiger partial charge in [-0.15, -0.1) is 0 Å². The van der Waals surface area contributed by atoms with Gasteiger partial charge in [-0.05, 0) is 36.8 Å². The van der Waals surface area contributed by atoms with Crippen LogP contribution in [-0.2, 0) is 6.18 Å². The number of halogens is 4. The van der Waals surface area contributed by atoms with Crippen LogP contribution in [0.25, 0.3) is 22.4 Å². The summed E-state index contributed by atoms with van der Waals surface area (Å²) in [5.74, 6) is 0.208. The summed E-state index contributed by atoms with van der Waals surface area (Å²) < 4.78 is 46.4. The molecular formula is C18H14BrF3N2O2. The minimum atomic E-state index is -4.62. The summed E-state index contributed by atoms with van der Waals surface area (Å²) in [4.78, 5) is 0. The summed E-state index contributed by atoms with van der Waals surface area (Å²) in [6.07, 6.45) is -4.62. The van der Waals surface area contributed by atoms with Crippen molar-refractivity contribution in [1.82, 2.24) is 10.2 Å². The summed E-state index contributed by atoms with van der Waals surface area (Å²) in [5.41, 5.74) is -0.566. The van der Waals surface area contributed by atoms with E-state index in [0.717, 1.165) is 4.47 Å². The molecule has 0 fully saturated rings. The van der Waals surface area contributed by atoms with Gasteiger partial charge in [-0.1, -0.05) is 28.1 Å². The van der Waals surface area contributed by atoms with E-state index in [2.05, 4.69) is 26.1 Å². The average molecular weight is 427 g/mol. The van der Waals surface area contributed by atoms with Gasteiger partial charge in [0.2, 0.25) is 0 Å². The molecule has 0 bridgehead atoms. The first-order chi connectivity index (χ1) is 12.3. The summed E-state index contributed by atoms with van der Waals surface area (Å²) in [5, 5.41) is 16.2. The van der Waals surface area contributed by atoms with Crippen molar-refractivity contribution in [2.45, 2.75) is 13.1 Å². The fraction of sp³-hybridized carbons (Fsp3) is 0.167. The van der Waals surface area contributed by atoms with E-state index in [1.54, 1.807) is 37.3 Å². The summed E-state index contributed by atoms with van der Waals surface area (Å²) in [7, 11) is 0. The van der Waals surface area contributed by atoms with Crippen LogP contribution >= 0.6 is 15.9 Å². The first-order valence-corrected chi connectivity index (χ1v) is 8.48. The zero-order valence-electron chi connectivity index (χ0n) is 13.6. The fourth-order valence-electron chi connectivity index (χ4n) is 2.61. The van der Waals surface area contributed by atoms with Crippen LogP contribution in [0.4, 0.5) is 13.2 Å². The van der Waals surface area contributed by atoms with Gasteiger partial charge in [0.05, 0.1) is 6.61 Å². The van der Waals surface area contributed by atoms with Gasteiger partial charge in [-0.3, -0.25) is 5.10 Å². The maximum absolute atomic E-state index is 13.4. The van der Waals surface area contributed by atoms with E-state index in [9.17, 15) is 18.3 Å². The normalized spacial score (nSPS) is 11.6. The van der Waals surface area contributed by atoms with E-state index in [0.29, 0.717) is 17.9 Å². The number of hydrogen-bond acceptors (Lipinski definition) is 3. The minimum absolute atomic E-state index is 0.0141. The van der Waals surface area contributed by atoms with Gasteiger partial charge in [0.1, 0.15) is 22.9 Å². The molecule has 0 unspecified atom stereocenters. The molecule has 0 saturated carbocycles. The summed E-state index contributed by atoms with van der Waals surface area (Å²) >= 11 is 3.26. The topological polar surface area (TPSA) is 58.1 Å². The second-order valence-corrected chi connectivity index (χ2v) is 6.35. The van der Waals surface area contributed by atoms with E-state index in [1.807, 2.05) is 0 Å². The fourth-order valence-corrected chi connectivity index (χ4v) is 2.87. The number of alkyl halides is 3. The van der Waals surface area contributed by atoms with Gasteiger partial charge < -0.3 is 9.84 Å². The Morgan fingerprint density at radius 2 is 1.85 bits per heavy atom. The van der Waals surface area contributed by atoms with E-state index in [1.165, 1.54) is 12.1 Å². The molecule has 0 spiro atoms. The van der Waals surface area contributed by atoms with Crippen LogP contribution in [0, 0.1) is 0 Å². The van der Waals surface area contributed by atoms with Crippen LogP contribution in [0.3, 0.4) is 0 Å². The molecule has 1 heterocycles. The third-order valence-corrected chi connectivity index (χ3v) is 4.25. The quantitative estimate of drug-likeness (QED) is 0.568. The molecule has 0 saturated heterocycles. The van der Waals surface area contributed by atoms with Gasteiger partial charge in [0, 0.05) is 21.7 Å². The van der Waals surface area contributed by atoms with Crippen LogP contribution in [0.15, 0.2) is 46.9 Å². The van der Waals surface area contributed by atoms with Crippen LogP contribution < -0.4 is 4.74 Å². The van der Waals surface area contributed by atoms with E-state index >= 15 is 0 Å². The highest BCUT2D eigenvalue weighted by atomic mass is 79.9. The molecule has 0 aliphatic rings. The molecule has 4 nitrogen and oxygen atoms in total. The largest absolute Gasteiger partial charge is 0.507 e. The number of phenols is 1. The van der Waals surface area contributed by atoms with E-state index in [4.69, 9.17) is 4.74 Å². The molecule has 1 aromatic heterocycles. The van der Waals surface area contributed by atoms with Crippen LogP contribution in [-0.4, -0.2) is 21.9 Å². The maximum Gasteiger partial charge on any atom is 0.433 e. The average Bonchev–Trinajstić information content (AvgIpc) is 3.01. The highest BCUT2D eigenvalue weighted by Crippen LogP contribution is 2.43. The lowest BCUT2D eigenvalue weighted by atomic mass is 9.98. The molecule has 0 atom stereocenters. The molecular weight excluding hydrogens is 413 g/mol. The van der Waals surface area contributed by atoms with Gasteiger partial charge in [0.15, 0.2) is 0 Å². The number of benzene rings is 2. The van der Waals surface area contributed by atoms with E-state index < -0.39 is 11.9 Å². The number of ether oxygens (including phenoxy) is 1. The predicted octanol–water partition coefficient (Wildman–Crippen LogP) is 5.63. The van der Waals surface area contributed by atoms with Gasteiger partial charge >= 0.3 is 6.18 Å². The molecule has 0 radical (unpaired) electrons. The second kappa shape index (κ2) is 7.03. The van der Waals surface area contributed by atoms with Crippen molar-refractivity contribution in [2.75, 3.05) is 6.61 Å². The maximum atomic E-state index is 13.4.